The Balaban J connectivity index is 2.07. The van der Waals surface area contributed by atoms with Gasteiger partial charge in [-0.1, -0.05) is 0 Å². The van der Waals surface area contributed by atoms with Crippen molar-refractivity contribution in [3.63, 3.8) is 0 Å². The van der Waals surface area contributed by atoms with E-state index in [1.807, 2.05) is 0 Å². The van der Waals surface area contributed by atoms with Crippen molar-refractivity contribution in [2.45, 2.75) is 6.92 Å². The molecule has 0 aromatic rings. The van der Waals surface area contributed by atoms with E-state index in [2.05, 4.69) is 5.32 Å². The third-order valence-corrected chi connectivity index (χ3v) is 3.48. The molecule has 0 radical (unpaired) electrons. The van der Waals surface area contributed by atoms with E-state index < -0.39 is 0 Å². The first-order valence-corrected chi connectivity index (χ1v) is 5.87. The summed E-state index contributed by atoms with van der Waals surface area (Å²) in [7, 11) is 1.70. The van der Waals surface area contributed by atoms with Crippen LogP contribution in [0, 0.1) is 11.8 Å². The number of hydrogen-bond acceptors (Lipinski definition) is 4. The molecule has 6 heteroatoms. The van der Waals surface area contributed by atoms with Crippen molar-refractivity contribution in [1.29, 1.82) is 0 Å². The smallest absolute Gasteiger partial charge is 0.236 e. The van der Waals surface area contributed by atoms with Gasteiger partial charge in [-0.05, 0) is 14.0 Å². The average molecular weight is 239 g/mol. The van der Waals surface area contributed by atoms with E-state index in [9.17, 15) is 14.4 Å². The van der Waals surface area contributed by atoms with Gasteiger partial charge in [0, 0.05) is 19.6 Å². The zero-order valence-electron chi connectivity index (χ0n) is 10.1. The molecule has 6 nitrogen and oxygen atoms in total. The van der Waals surface area contributed by atoms with E-state index in [1.54, 1.807) is 18.9 Å². The van der Waals surface area contributed by atoms with Gasteiger partial charge in [-0.15, -0.1) is 0 Å². The number of carbonyl (C=O) groups is 3. The first kappa shape index (κ1) is 12.0. The summed E-state index contributed by atoms with van der Waals surface area (Å²) in [5.41, 5.74) is 0. The van der Waals surface area contributed by atoms with Crippen molar-refractivity contribution in [1.82, 2.24) is 15.1 Å². The molecule has 2 fully saturated rings. The van der Waals surface area contributed by atoms with E-state index in [0.29, 0.717) is 19.6 Å². The minimum atomic E-state index is -0.316. The number of likely N-dealkylation sites (N-methyl/N-ethyl adjacent to an activating group) is 1. The summed E-state index contributed by atoms with van der Waals surface area (Å²) in [6.45, 7) is 3.23. The van der Waals surface area contributed by atoms with Crippen molar-refractivity contribution in [3.8, 4) is 0 Å². The van der Waals surface area contributed by atoms with E-state index in [0.717, 1.165) is 0 Å². The molecule has 0 saturated carbocycles. The number of rotatable bonds is 3. The fourth-order valence-corrected chi connectivity index (χ4v) is 2.59. The highest BCUT2D eigenvalue weighted by molar-refractivity contribution is 6.06. The third-order valence-electron chi connectivity index (χ3n) is 3.48. The van der Waals surface area contributed by atoms with Gasteiger partial charge in [-0.25, -0.2) is 0 Å². The number of fused-ring (bicyclic) bond motifs is 1. The first-order valence-electron chi connectivity index (χ1n) is 5.87. The van der Waals surface area contributed by atoms with Gasteiger partial charge in [0.1, 0.15) is 0 Å². The molecular weight excluding hydrogens is 222 g/mol. The van der Waals surface area contributed by atoms with Gasteiger partial charge in [0.2, 0.25) is 17.7 Å². The molecule has 2 aliphatic rings. The van der Waals surface area contributed by atoms with Gasteiger partial charge in [0.15, 0.2) is 0 Å². The van der Waals surface area contributed by atoms with Crippen LogP contribution in [0.3, 0.4) is 0 Å². The summed E-state index contributed by atoms with van der Waals surface area (Å²) in [5, 5.41) is 2.78. The highest BCUT2D eigenvalue weighted by Crippen LogP contribution is 2.33. The number of likely N-dealkylation sites (tertiary alicyclic amines) is 2. The van der Waals surface area contributed by atoms with E-state index in [-0.39, 0.29) is 36.1 Å². The Bertz CT molecular complexity index is 345. The average Bonchev–Trinajstić information content (AvgIpc) is 2.81. The normalized spacial score (nSPS) is 27.9. The topological polar surface area (TPSA) is 69.7 Å². The lowest BCUT2D eigenvalue weighted by molar-refractivity contribution is -0.140. The number of nitrogens with one attached hydrogen (secondary N) is 1. The largest absolute Gasteiger partial charge is 0.340 e. The third kappa shape index (κ3) is 1.82. The fourth-order valence-electron chi connectivity index (χ4n) is 2.59. The van der Waals surface area contributed by atoms with Crippen LogP contribution in [0.2, 0.25) is 0 Å². The van der Waals surface area contributed by atoms with Crippen LogP contribution in [0.15, 0.2) is 0 Å². The number of carbonyl (C=O) groups excluding carboxylic acids is 3. The first-order chi connectivity index (χ1) is 8.10. The molecule has 0 aromatic heterocycles. The van der Waals surface area contributed by atoms with E-state index in [4.69, 9.17) is 0 Å². The second-order valence-corrected chi connectivity index (χ2v) is 4.46. The number of imide groups is 1. The van der Waals surface area contributed by atoms with Crippen LogP contribution < -0.4 is 5.32 Å². The van der Waals surface area contributed by atoms with Crippen LogP contribution >= 0.6 is 0 Å². The molecule has 2 aliphatic heterocycles. The molecule has 1 N–H and O–H groups in total. The maximum absolute atomic E-state index is 11.9. The summed E-state index contributed by atoms with van der Waals surface area (Å²) in [5.74, 6) is -0.929. The highest BCUT2D eigenvalue weighted by Gasteiger charge is 2.52. The summed E-state index contributed by atoms with van der Waals surface area (Å²) < 4.78 is 0. The minimum Gasteiger partial charge on any atom is -0.340 e. The van der Waals surface area contributed by atoms with Crippen LogP contribution in [0.4, 0.5) is 0 Å². The Morgan fingerprint density at radius 1 is 1.29 bits per heavy atom. The summed E-state index contributed by atoms with van der Waals surface area (Å²) in [6.07, 6.45) is 0. The van der Waals surface area contributed by atoms with Gasteiger partial charge in [0.25, 0.3) is 0 Å². The van der Waals surface area contributed by atoms with Gasteiger partial charge in [-0.3, -0.25) is 19.3 Å². The molecule has 2 heterocycles. The second-order valence-electron chi connectivity index (χ2n) is 4.46. The number of amides is 3. The summed E-state index contributed by atoms with van der Waals surface area (Å²) >= 11 is 0. The quantitative estimate of drug-likeness (QED) is 0.619. The Kier molecular flexibility index (Phi) is 3.15. The zero-order valence-corrected chi connectivity index (χ0v) is 10.1. The van der Waals surface area contributed by atoms with Gasteiger partial charge < -0.3 is 10.2 Å². The molecule has 0 spiro atoms. The molecular formula is C11H17N3O3. The molecule has 0 aromatic carbocycles. The predicted octanol–water partition coefficient (Wildman–Crippen LogP) is -1.33. The second kappa shape index (κ2) is 4.44. The molecule has 0 aliphatic carbocycles. The zero-order chi connectivity index (χ0) is 12.6. The van der Waals surface area contributed by atoms with Crippen molar-refractivity contribution >= 4 is 17.7 Å². The molecule has 17 heavy (non-hydrogen) atoms. The van der Waals surface area contributed by atoms with Gasteiger partial charge in [-0.2, -0.15) is 0 Å². The molecule has 2 rings (SSSR count). The SMILES string of the molecule is CCN1C(=O)C2CN(C(=O)CNC)CC2C1=O. The van der Waals surface area contributed by atoms with Gasteiger partial charge in [0.05, 0.1) is 18.4 Å². The maximum Gasteiger partial charge on any atom is 0.236 e. The van der Waals surface area contributed by atoms with Crippen molar-refractivity contribution in [2.24, 2.45) is 11.8 Å². The van der Waals surface area contributed by atoms with E-state index in [1.165, 1.54) is 4.90 Å². The van der Waals surface area contributed by atoms with Crippen molar-refractivity contribution in [2.75, 3.05) is 33.2 Å². The van der Waals surface area contributed by atoms with Gasteiger partial charge >= 0.3 is 0 Å². The Hall–Kier alpha value is -1.43. The number of hydrogen-bond donors (Lipinski definition) is 1. The lowest BCUT2D eigenvalue weighted by Gasteiger charge is -2.19. The predicted molar refractivity (Wildman–Crippen MR) is 59.9 cm³/mol. The fraction of sp³-hybridized carbons (Fsp3) is 0.727. The molecule has 0 bridgehead atoms. The number of nitrogens with zero attached hydrogens (tertiary/aromatic N) is 2. The minimum absolute atomic E-state index is 0.0504. The Morgan fingerprint density at radius 2 is 1.82 bits per heavy atom. The molecule has 2 saturated heterocycles. The Labute approximate surface area is 99.9 Å². The maximum atomic E-state index is 11.9. The van der Waals surface area contributed by atoms with Crippen LogP contribution in [0.5, 0.6) is 0 Å². The lowest BCUT2D eigenvalue weighted by atomic mass is 10.00. The molecule has 94 valence electrons. The van der Waals surface area contributed by atoms with Crippen LogP contribution in [-0.2, 0) is 14.4 Å². The van der Waals surface area contributed by atoms with Crippen LogP contribution in [0.25, 0.3) is 0 Å². The van der Waals surface area contributed by atoms with Crippen molar-refractivity contribution in [3.05, 3.63) is 0 Å². The van der Waals surface area contributed by atoms with Crippen molar-refractivity contribution < 1.29 is 14.4 Å². The Morgan fingerprint density at radius 3 is 2.24 bits per heavy atom. The summed E-state index contributed by atoms with van der Waals surface area (Å²) in [6, 6.07) is 0. The molecule has 3 amide bonds. The molecule has 2 atom stereocenters. The molecule has 2 unspecified atom stereocenters. The highest BCUT2D eigenvalue weighted by atomic mass is 16.2. The standard InChI is InChI=1S/C11H17N3O3/c1-3-14-10(16)7-5-13(9(15)4-12-2)6-8(7)11(14)17/h7-8,12H,3-6H2,1-2H3. The van der Waals surface area contributed by atoms with E-state index >= 15 is 0 Å². The van der Waals surface area contributed by atoms with Crippen LogP contribution in [-0.4, -0.2) is 60.7 Å². The summed E-state index contributed by atoms with van der Waals surface area (Å²) in [4.78, 5) is 38.4. The monoisotopic (exact) mass is 239 g/mol. The van der Waals surface area contributed by atoms with Crippen LogP contribution in [0.1, 0.15) is 6.92 Å². The lowest BCUT2D eigenvalue weighted by Crippen LogP contribution is -2.40.